The first-order valence-corrected chi connectivity index (χ1v) is 7.88. The van der Waals surface area contributed by atoms with Gasteiger partial charge in [-0.05, 0) is 56.1 Å². The summed E-state index contributed by atoms with van der Waals surface area (Å²) in [6, 6.07) is 7.36. The standard InChI is InChI=1S/C16H22N4O2/c21-15(11-12-5-7-17-8-6-12)19-13-1-3-14(4-2-13)20-10-9-18-16(20)22/h1-4,12,17H,5-11H2,(H,18,22)(H,19,21). The molecule has 3 rings (SSSR count). The van der Waals surface area contributed by atoms with Crippen LogP contribution in [0, 0.1) is 5.92 Å². The molecule has 0 radical (unpaired) electrons. The van der Waals surface area contributed by atoms with Crippen molar-refractivity contribution in [2.45, 2.75) is 19.3 Å². The van der Waals surface area contributed by atoms with Crippen LogP contribution in [-0.2, 0) is 4.79 Å². The van der Waals surface area contributed by atoms with Crippen LogP contribution in [0.25, 0.3) is 0 Å². The normalized spacial score (nSPS) is 19.1. The number of carbonyl (C=O) groups excluding carboxylic acids is 2. The van der Waals surface area contributed by atoms with E-state index in [0.717, 1.165) is 37.3 Å². The fraction of sp³-hybridized carbons (Fsp3) is 0.500. The Balaban J connectivity index is 1.54. The summed E-state index contributed by atoms with van der Waals surface area (Å²) in [5.74, 6) is 0.549. The zero-order chi connectivity index (χ0) is 15.4. The van der Waals surface area contributed by atoms with Crippen molar-refractivity contribution >= 4 is 23.3 Å². The predicted molar refractivity (Wildman–Crippen MR) is 86.0 cm³/mol. The van der Waals surface area contributed by atoms with Crippen LogP contribution in [0.3, 0.4) is 0 Å². The number of nitrogens with zero attached hydrogens (tertiary/aromatic N) is 1. The van der Waals surface area contributed by atoms with E-state index in [2.05, 4.69) is 16.0 Å². The number of rotatable bonds is 4. The van der Waals surface area contributed by atoms with Crippen LogP contribution in [-0.4, -0.2) is 38.1 Å². The molecule has 2 fully saturated rings. The number of carbonyl (C=O) groups is 2. The number of benzene rings is 1. The van der Waals surface area contributed by atoms with Crippen LogP contribution in [0.15, 0.2) is 24.3 Å². The molecule has 3 amide bonds. The highest BCUT2D eigenvalue weighted by atomic mass is 16.2. The Morgan fingerprint density at radius 2 is 1.91 bits per heavy atom. The zero-order valence-electron chi connectivity index (χ0n) is 12.6. The van der Waals surface area contributed by atoms with Crippen molar-refractivity contribution in [3.8, 4) is 0 Å². The smallest absolute Gasteiger partial charge is 0.321 e. The monoisotopic (exact) mass is 302 g/mol. The number of hydrogen-bond donors (Lipinski definition) is 3. The van der Waals surface area contributed by atoms with Crippen molar-refractivity contribution in [3.63, 3.8) is 0 Å². The summed E-state index contributed by atoms with van der Waals surface area (Å²) in [6.45, 7) is 3.36. The molecule has 1 aromatic rings. The first kappa shape index (κ1) is 14.8. The summed E-state index contributed by atoms with van der Waals surface area (Å²) in [6.07, 6.45) is 2.71. The molecule has 0 spiro atoms. The van der Waals surface area contributed by atoms with Crippen LogP contribution in [0.2, 0.25) is 0 Å². The first-order valence-electron chi connectivity index (χ1n) is 7.88. The number of anilines is 2. The Morgan fingerprint density at radius 3 is 2.55 bits per heavy atom. The highest BCUT2D eigenvalue weighted by Gasteiger charge is 2.21. The molecule has 3 N–H and O–H groups in total. The quantitative estimate of drug-likeness (QED) is 0.790. The fourth-order valence-corrected chi connectivity index (χ4v) is 3.00. The number of amides is 3. The van der Waals surface area contributed by atoms with Gasteiger partial charge < -0.3 is 16.0 Å². The van der Waals surface area contributed by atoms with Gasteiger partial charge in [0, 0.05) is 30.9 Å². The van der Waals surface area contributed by atoms with Gasteiger partial charge in [0.15, 0.2) is 0 Å². The van der Waals surface area contributed by atoms with E-state index in [9.17, 15) is 9.59 Å². The van der Waals surface area contributed by atoms with Crippen molar-refractivity contribution in [2.24, 2.45) is 5.92 Å². The lowest BCUT2D eigenvalue weighted by atomic mass is 9.94. The number of piperidine rings is 1. The zero-order valence-corrected chi connectivity index (χ0v) is 12.6. The molecule has 0 aliphatic carbocycles. The van der Waals surface area contributed by atoms with Gasteiger partial charge >= 0.3 is 6.03 Å². The largest absolute Gasteiger partial charge is 0.336 e. The number of hydrogen-bond acceptors (Lipinski definition) is 3. The van der Waals surface area contributed by atoms with Crippen LogP contribution in [0.5, 0.6) is 0 Å². The molecule has 1 aromatic carbocycles. The summed E-state index contributed by atoms with van der Waals surface area (Å²) in [5, 5.41) is 9.02. The Morgan fingerprint density at radius 1 is 1.18 bits per heavy atom. The van der Waals surface area contributed by atoms with Gasteiger partial charge in [-0.3, -0.25) is 9.69 Å². The summed E-state index contributed by atoms with van der Waals surface area (Å²) >= 11 is 0. The molecule has 2 aliphatic heterocycles. The topological polar surface area (TPSA) is 73.5 Å². The van der Waals surface area contributed by atoms with Gasteiger partial charge in [0.2, 0.25) is 5.91 Å². The number of urea groups is 1. The van der Waals surface area contributed by atoms with E-state index in [0.29, 0.717) is 25.4 Å². The van der Waals surface area contributed by atoms with Crippen molar-refractivity contribution in [1.29, 1.82) is 0 Å². The molecule has 2 aliphatic rings. The molecule has 0 aromatic heterocycles. The van der Waals surface area contributed by atoms with Gasteiger partial charge in [0.05, 0.1) is 0 Å². The molecule has 22 heavy (non-hydrogen) atoms. The van der Waals surface area contributed by atoms with Gasteiger partial charge in [0.25, 0.3) is 0 Å². The third kappa shape index (κ3) is 3.57. The van der Waals surface area contributed by atoms with Crippen LogP contribution in [0.4, 0.5) is 16.2 Å². The van der Waals surface area contributed by atoms with E-state index in [-0.39, 0.29) is 11.9 Å². The molecule has 6 nitrogen and oxygen atoms in total. The van der Waals surface area contributed by atoms with Crippen LogP contribution >= 0.6 is 0 Å². The molecular formula is C16H22N4O2. The van der Waals surface area contributed by atoms with E-state index in [1.165, 1.54) is 0 Å². The summed E-state index contributed by atoms with van der Waals surface area (Å²) in [4.78, 5) is 25.4. The minimum atomic E-state index is -0.0670. The minimum absolute atomic E-state index is 0.0670. The molecule has 0 saturated carbocycles. The Bertz CT molecular complexity index is 538. The molecule has 2 heterocycles. The van der Waals surface area contributed by atoms with E-state index in [4.69, 9.17) is 0 Å². The Labute approximate surface area is 130 Å². The molecule has 0 bridgehead atoms. The first-order chi connectivity index (χ1) is 10.7. The molecule has 2 saturated heterocycles. The van der Waals surface area contributed by atoms with Crippen molar-refractivity contribution in [1.82, 2.24) is 10.6 Å². The van der Waals surface area contributed by atoms with Gasteiger partial charge in [-0.25, -0.2) is 4.79 Å². The Kier molecular flexibility index (Phi) is 4.58. The SMILES string of the molecule is O=C(CC1CCNCC1)Nc1ccc(N2CCNC2=O)cc1. The molecule has 6 heteroatoms. The second-order valence-electron chi connectivity index (χ2n) is 5.88. The second kappa shape index (κ2) is 6.79. The summed E-state index contributed by atoms with van der Waals surface area (Å²) in [5.41, 5.74) is 1.63. The van der Waals surface area contributed by atoms with Crippen molar-refractivity contribution in [3.05, 3.63) is 24.3 Å². The second-order valence-corrected chi connectivity index (χ2v) is 5.88. The molecular weight excluding hydrogens is 280 g/mol. The average Bonchev–Trinajstić information content (AvgIpc) is 2.95. The number of nitrogens with one attached hydrogen (secondary N) is 3. The van der Waals surface area contributed by atoms with E-state index < -0.39 is 0 Å². The summed E-state index contributed by atoms with van der Waals surface area (Å²) in [7, 11) is 0. The minimum Gasteiger partial charge on any atom is -0.336 e. The maximum absolute atomic E-state index is 12.1. The highest BCUT2D eigenvalue weighted by Crippen LogP contribution is 2.21. The highest BCUT2D eigenvalue weighted by molar-refractivity contribution is 5.95. The molecule has 118 valence electrons. The molecule has 0 unspecified atom stereocenters. The van der Waals surface area contributed by atoms with E-state index >= 15 is 0 Å². The van der Waals surface area contributed by atoms with E-state index in [1.54, 1.807) is 4.90 Å². The van der Waals surface area contributed by atoms with Gasteiger partial charge in [-0.2, -0.15) is 0 Å². The molecule has 0 atom stereocenters. The lowest BCUT2D eigenvalue weighted by Gasteiger charge is -2.22. The predicted octanol–water partition coefficient (Wildman–Crippen LogP) is 1.54. The van der Waals surface area contributed by atoms with Gasteiger partial charge in [-0.1, -0.05) is 0 Å². The van der Waals surface area contributed by atoms with Gasteiger partial charge in [-0.15, -0.1) is 0 Å². The average molecular weight is 302 g/mol. The fourth-order valence-electron chi connectivity index (χ4n) is 3.00. The van der Waals surface area contributed by atoms with Crippen LogP contribution in [0.1, 0.15) is 19.3 Å². The maximum atomic E-state index is 12.1. The third-order valence-electron chi connectivity index (χ3n) is 4.25. The lowest BCUT2D eigenvalue weighted by Crippen LogP contribution is -2.30. The third-order valence-corrected chi connectivity index (χ3v) is 4.25. The van der Waals surface area contributed by atoms with E-state index in [1.807, 2.05) is 24.3 Å². The van der Waals surface area contributed by atoms with Crippen molar-refractivity contribution in [2.75, 3.05) is 36.4 Å². The lowest BCUT2D eigenvalue weighted by molar-refractivity contribution is -0.117. The van der Waals surface area contributed by atoms with Crippen LogP contribution < -0.4 is 20.9 Å². The Hall–Kier alpha value is -2.08. The summed E-state index contributed by atoms with van der Waals surface area (Å²) < 4.78 is 0. The van der Waals surface area contributed by atoms with Crippen molar-refractivity contribution < 1.29 is 9.59 Å². The van der Waals surface area contributed by atoms with Gasteiger partial charge in [0.1, 0.15) is 0 Å². The maximum Gasteiger partial charge on any atom is 0.321 e.